The third-order valence-electron chi connectivity index (χ3n) is 2.34. The van der Waals surface area contributed by atoms with Gasteiger partial charge in [0.1, 0.15) is 0 Å². The standard InChI is InChI=1S/C12H20N4O/c1-9(8-16(2)3)14-12(17)10-6-4-5-7-11(10)15-13/h4-7,9,15H,8,13H2,1-3H3,(H,14,17). The number of hydrogen-bond acceptors (Lipinski definition) is 4. The van der Waals surface area contributed by atoms with Crippen LogP contribution >= 0.6 is 0 Å². The maximum absolute atomic E-state index is 12.0. The monoisotopic (exact) mass is 236 g/mol. The van der Waals surface area contributed by atoms with Gasteiger partial charge in [-0.3, -0.25) is 10.6 Å². The number of amides is 1. The normalized spacial score (nSPS) is 12.3. The van der Waals surface area contributed by atoms with E-state index in [0.717, 1.165) is 6.54 Å². The van der Waals surface area contributed by atoms with Gasteiger partial charge in [-0.15, -0.1) is 0 Å². The molecular weight excluding hydrogens is 216 g/mol. The van der Waals surface area contributed by atoms with Crippen LogP contribution in [0.1, 0.15) is 17.3 Å². The van der Waals surface area contributed by atoms with Crippen LogP contribution in [0.3, 0.4) is 0 Å². The second kappa shape index (κ2) is 6.22. The second-order valence-electron chi connectivity index (χ2n) is 4.33. The Bertz CT molecular complexity index is 379. The summed E-state index contributed by atoms with van der Waals surface area (Å²) in [6, 6.07) is 7.24. The first-order chi connectivity index (χ1) is 8.04. The Morgan fingerprint density at radius 3 is 2.65 bits per heavy atom. The van der Waals surface area contributed by atoms with Crippen molar-refractivity contribution in [3.05, 3.63) is 29.8 Å². The number of para-hydroxylation sites is 1. The van der Waals surface area contributed by atoms with Crippen LogP contribution in [0, 0.1) is 0 Å². The molecule has 94 valence electrons. The van der Waals surface area contributed by atoms with Crippen LogP contribution in [0.4, 0.5) is 5.69 Å². The van der Waals surface area contributed by atoms with E-state index >= 15 is 0 Å². The van der Waals surface area contributed by atoms with Crippen molar-refractivity contribution < 1.29 is 4.79 Å². The summed E-state index contributed by atoms with van der Waals surface area (Å²) < 4.78 is 0. The number of nitrogens with zero attached hydrogens (tertiary/aromatic N) is 1. The van der Waals surface area contributed by atoms with E-state index in [4.69, 9.17) is 5.84 Å². The van der Waals surface area contributed by atoms with Crippen LogP contribution in [0.2, 0.25) is 0 Å². The van der Waals surface area contributed by atoms with Crippen LogP contribution in [0.15, 0.2) is 24.3 Å². The van der Waals surface area contributed by atoms with E-state index < -0.39 is 0 Å². The molecule has 5 heteroatoms. The molecule has 4 N–H and O–H groups in total. The average molecular weight is 236 g/mol. The first kappa shape index (κ1) is 13.5. The van der Waals surface area contributed by atoms with Gasteiger partial charge in [0.25, 0.3) is 5.91 Å². The number of likely N-dealkylation sites (N-methyl/N-ethyl adjacent to an activating group) is 1. The van der Waals surface area contributed by atoms with Crippen LogP contribution in [0.5, 0.6) is 0 Å². The van der Waals surface area contributed by atoms with Gasteiger partial charge in [0.05, 0.1) is 11.3 Å². The van der Waals surface area contributed by atoms with Crippen LogP contribution in [-0.2, 0) is 0 Å². The minimum absolute atomic E-state index is 0.0864. The average Bonchev–Trinajstić information content (AvgIpc) is 2.27. The largest absolute Gasteiger partial charge is 0.348 e. The maximum Gasteiger partial charge on any atom is 0.253 e. The van der Waals surface area contributed by atoms with Crippen molar-refractivity contribution in [2.75, 3.05) is 26.1 Å². The Labute approximate surface area is 102 Å². The molecule has 0 saturated heterocycles. The molecule has 1 aromatic rings. The van der Waals surface area contributed by atoms with Crippen molar-refractivity contribution in [1.29, 1.82) is 0 Å². The number of benzene rings is 1. The number of hydrogen-bond donors (Lipinski definition) is 3. The van der Waals surface area contributed by atoms with Crippen molar-refractivity contribution in [2.24, 2.45) is 5.84 Å². The molecule has 0 aliphatic heterocycles. The summed E-state index contributed by atoms with van der Waals surface area (Å²) in [7, 11) is 3.94. The Morgan fingerprint density at radius 2 is 2.06 bits per heavy atom. The number of rotatable bonds is 5. The zero-order chi connectivity index (χ0) is 12.8. The highest BCUT2D eigenvalue weighted by Gasteiger charge is 2.13. The van der Waals surface area contributed by atoms with Crippen LogP contribution in [0.25, 0.3) is 0 Å². The van der Waals surface area contributed by atoms with Crippen LogP contribution in [-0.4, -0.2) is 37.5 Å². The number of hydrazine groups is 1. The maximum atomic E-state index is 12.0. The summed E-state index contributed by atoms with van der Waals surface area (Å²) in [6.45, 7) is 2.76. The van der Waals surface area contributed by atoms with Gasteiger partial charge in [-0.25, -0.2) is 0 Å². The Hall–Kier alpha value is -1.59. The third-order valence-corrected chi connectivity index (χ3v) is 2.34. The number of anilines is 1. The van der Waals surface area contributed by atoms with Gasteiger partial charge < -0.3 is 15.6 Å². The van der Waals surface area contributed by atoms with E-state index in [-0.39, 0.29) is 11.9 Å². The molecule has 1 amide bonds. The second-order valence-corrected chi connectivity index (χ2v) is 4.33. The van der Waals surface area contributed by atoms with Crippen molar-refractivity contribution in [3.8, 4) is 0 Å². The summed E-state index contributed by atoms with van der Waals surface area (Å²) in [5, 5.41) is 2.93. The molecule has 0 aliphatic rings. The van der Waals surface area contributed by atoms with E-state index in [1.165, 1.54) is 0 Å². The molecule has 0 spiro atoms. The van der Waals surface area contributed by atoms with Crippen LogP contribution < -0.4 is 16.6 Å². The van der Waals surface area contributed by atoms with E-state index in [0.29, 0.717) is 11.3 Å². The summed E-state index contributed by atoms with van der Waals surface area (Å²) in [4.78, 5) is 14.0. The quantitative estimate of drug-likeness (QED) is 0.518. The highest BCUT2D eigenvalue weighted by Crippen LogP contribution is 2.13. The molecule has 0 bridgehead atoms. The minimum atomic E-state index is -0.118. The SMILES string of the molecule is CC(CN(C)C)NC(=O)c1ccccc1NN. The van der Waals surface area contributed by atoms with Gasteiger partial charge in [-0.05, 0) is 33.2 Å². The van der Waals surface area contributed by atoms with Crippen molar-refractivity contribution in [2.45, 2.75) is 13.0 Å². The van der Waals surface area contributed by atoms with Gasteiger partial charge in [-0.2, -0.15) is 0 Å². The Kier molecular flexibility index (Phi) is 4.93. The molecule has 17 heavy (non-hydrogen) atoms. The Morgan fingerprint density at radius 1 is 1.41 bits per heavy atom. The molecule has 0 radical (unpaired) electrons. The lowest BCUT2D eigenvalue weighted by Crippen LogP contribution is -2.39. The molecule has 1 unspecified atom stereocenters. The number of carbonyl (C=O) groups is 1. The van der Waals surface area contributed by atoms with Crippen molar-refractivity contribution in [1.82, 2.24) is 10.2 Å². The van der Waals surface area contributed by atoms with Crippen molar-refractivity contribution >= 4 is 11.6 Å². The molecule has 0 saturated carbocycles. The smallest absolute Gasteiger partial charge is 0.253 e. The topological polar surface area (TPSA) is 70.4 Å². The van der Waals surface area contributed by atoms with E-state index in [1.807, 2.05) is 38.1 Å². The number of carbonyl (C=O) groups excluding carboxylic acids is 1. The fourth-order valence-electron chi connectivity index (χ4n) is 1.70. The molecule has 0 aromatic heterocycles. The summed E-state index contributed by atoms with van der Waals surface area (Å²) in [6.07, 6.45) is 0. The fourth-order valence-corrected chi connectivity index (χ4v) is 1.70. The van der Waals surface area contributed by atoms with Crippen molar-refractivity contribution in [3.63, 3.8) is 0 Å². The lowest BCUT2D eigenvalue weighted by atomic mass is 10.1. The zero-order valence-electron chi connectivity index (χ0n) is 10.5. The molecular formula is C12H20N4O. The predicted molar refractivity (Wildman–Crippen MR) is 69.7 cm³/mol. The van der Waals surface area contributed by atoms with Gasteiger partial charge in [0, 0.05) is 12.6 Å². The Balaban J connectivity index is 2.69. The van der Waals surface area contributed by atoms with E-state index in [2.05, 4.69) is 10.7 Å². The predicted octanol–water partition coefficient (Wildman–Crippen LogP) is 0.652. The van der Waals surface area contributed by atoms with E-state index in [1.54, 1.807) is 12.1 Å². The molecule has 0 aliphatic carbocycles. The summed E-state index contributed by atoms with van der Waals surface area (Å²) in [5.41, 5.74) is 3.70. The molecule has 1 rings (SSSR count). The lowest BCUT2D eigenvalue weighted by molar-refractivity contribution is 0.0935. The highest BCUT2D eigenvalue weighted by molar-refractivity contribution is 5.99. The number of nitrogens with one attached hydrogen (secondary N) is 2. The molecule has 1 atom stereocenters. The fraction of sp³-hybridized carbons (Fsp3) is 0.417. The molecule has 0 heterocycles. The zero-order valence-corrected chi connectivity index (χ0v) is 10.5. The number of nitrogen functional groups attached to an aromatic ring is 1. The highest BCUT2D eigenvalue weighted by atomic mass is 16.1. The summed E-state index contributed by atoms with van der Waals surface area (Å²) in [5.74, 6) is 5.24. The number of nitrogens with two attached hydrogens (primary N) is 1. The van der Waals surface area contributed by atoms with E-state index in [9.17, 15) is 4.79 Å². The summed E-state index contributed by atoms with van der Waals surface area (Å²) >= 11 is 0. The minimum Gasteiger partial charge on any atom is -0.348 e. The van der Waals surface area contributed by atoms with Gasteiger partial charge in [-0.1, -0.05) is 12.1 Å². The molecule has 5 nitrogen and oxygen atoms in total. The van der Waals surface area contributed by atoms with Gasteiger partial charge in [0.2, 0.25) is 0 Å². The lowest BCUT2D eigenvalue weighted by Gasteiger charge is -2.19. The first-order valence-electron chi connectivity index (χ1n) is 5.56. The van der Waals surface area contributed by atoms with Gasteiger partial charge in [0.15, 0.2) is 0 Å². The molecule has 0 fully saturated rings. The molecule has 1 aromatic carbocycles. The van der Waals surface area contributed by atoms with Gasteiger partial charge >= 0.3 is 0 Å². The first-order valence-corrected chi connectivity index (χ1v) is 5.56. The third kappa shape index (κ3) is 4.05.